The summed E-state index contributed by atoms with van der Waals surface area (Å²) in [6.45, 7) is 6.97. The van der Waals surface area contributed by atoms with Crippen LogP contribution in [-0.4, -0.2) is 24.3 Å². The lowest BCUT2D eigenvalue weighted by molar-refractivity contribution is -0.232. The van der Waals surface area contributed by atoms with Crippen molar-refractivity contribution in [2.24, 2.45) is 0 Å². The first-order chi connectivity index (χ1) is 7.24. The molecule has 0 saturated carbocycles. The number of rotatable bonds is 10. The van der Waals surface area contributed by atoms with E-state index >= 15 is 0 Å². The minimum absolute atomic E-state index is 0.233. The molecular formula is C12H26O3. The van der Waals surface area contributed by atoms with E-state index in [1.54, 1.807) is 0 Å². The smallest absolute Gasteiger partial charge is 0.160 e. The second kappa shape index (κ2) is 10.4. The van der Waals surface area contributed by atoms with Crippen molar-refractivity contribution in [3.8, 4) is 0 Å². The normalized spacial score (nSPS) is 15.2. The third-order valence-electron chi connectivity index (χ3n) is 2.17. The minimum Gasteiger partial charge on any atom is -0.368 e. The van der Waals surface area contributed by atoms with Gasteiger partial charge < -0.3 is 14.6 Å². The van der Waals surface area contributed by atoms with E-state index in [1.165, 1.54) is 0 Å². The Morgan fingerprint density at radius 1 is 1.00 bits per heavy atom. The Kier molecular flexibility index (Phi) is 10.3. The average Bonchev–Trinajstić information content (AvgIpc) is 2.18. The maximum Gasteiger partial charge on any atom is 0.160 e. The van der Waals surface area contributed by atoms with E-state index in [4.69, 9.17) is 9.47 Å². The van der Waals surface area contributed by atoms with Crippen LogP contribution in [0.15, 0.2) is 0 Å². The topological polar surface area (TPSA) is 38.7 Å². The SMILES string of the molecule is CCCCOC(CCC)OC(O)CCC. The summed E-state index contributed by atoms with van der Waals surface area (Å²) in [4.78, 5) is 0. The Balaban J connectivity index is 3.70. The first kappa shape index (κ1) is 14.9. The molecule has 0 spiro atoms. The third-order valence-corrected chi connectivity index (χ3v) is 2.17. The summed E-state index contributed by atoms with van der Waals surface area (Å²) in [6.07, 6.45) is 4.73. The first-order valence-corrected chi connectivity index (χ1v) is 6.19. The Hall–Kier alpha value is -0.120. The summed E-state index contributed by atoms with van der Waals surface area (Å²) in [7, 11) is 0. The van der Waals surface area contributed by atoms with Crippen LogP contribution in [0.5, 0.6) is 0 Å². The molecule has 0 aliphatic carbocycles. The molecule has 0 aromatic rings. The fraction of sp³-hybridized carbons (Fsp3) is 1.00. The van der Waals surface area contributed by atoms with Crippen molar-refractivity contribution in [1.82, 2.24) is 0 Å². The van der Waals surface area contributed by atoms with E-state index in [1.807, 2.05) is 6.92 Å². The van der Waals surface area contributed by atoms with Gasteiger partial charge in [-0.05, 0) is 19.3 Å². The molecule has 0 rings (SSSR count). The Morgan fingerprint density at radius 3 is 2.20 bits per heavy atom. The van der Waals surface area contributed by atoms with Crippen molar-refractivity contribution in [2.75, 3.05) is 6.61 Å². The monoisotopic (exact) mass is 218 g/mol. The predicted molar refractivity (Wildman–Crippen MR) is 61.6 cm³/mol. The maximum absolute atomic E-state index is 9.50. The molecule has 0 radical (unpaired) electrons. The Morgan fingerprint density at radius 2 is 1.67 bits per heavy atom. The lowest BCUT2D eigenvalue weighted by Gasteiger charge is -2.21. The molecule has 0 bridgehead atoms. The van der Waals surface area contributed by atoms with E-state index in [2.05, 4.69) is 13.8 Å². The zero-order valence-corrected chi connectivity index (χ0v) is 10.4. The van der Waals surface area contributed by atoms with Crippen LogP contribution in [0.3, 0.4) is 0 Å². The molecule has 0 fully saturated rings. The van der Waals surface area contributed by atoms with Crippen molar-refractivity contribution in [3.05, 3.63) is 0 Å². The van der Waals surface area contributed by atoms with Gasteiger partial charge in [0.1, 0.15) is 0 Å². The molecule has 0 amide bonds. The molecule has 2 atom stereocenters. The van der Waals surface area contributed by atoms with Crippen molar-refractivity contribution in [3.63, 3.8) is 0 Å². The molecular weight excluding hydrogens is 192 g/mol. The van der Waals surface area contributed by atoms with Crippen LogP contribution in [0.2, 0.25) is 0 Å². The predicted octanol–water partition coefficient (Wildman–Crippen LogP) is 3.06. The molecule has 3 heteroatoms. The number of aliphatic hydroxyl groups excluding tert-OH is 1. The average molecular weight is 218 g/mol. The highest BCUT2D eigenvalue weighted by molar-refractivity contribution is 4.48. The molecule has 92 valence electrons. The molecule has 0 aromatic heterocycles. The van der Waals surface area contributed by atoms with Gasteiger partial charge in [-0.1, -0.05) is 40.0 Å². The standard InChI is InChI=1S/C12H26O3/c1-4-7-10-14-12(9-6-3)15-11(13)8-5-2/h11-13H,4-10H2,1-3H3. The molecule has 0 aliphatic rings. The summed E-state index contributed by atoms with van der Waals surface area (Å²) in [5.74, 6) is 0. The summed E-state index contributed by atoms with van der Waals surface area (Å²) in [5.41, 5.74) is 0. The number of unbranched alkanes of at least 4 members (excludes halogenated alkanes) is 1. The van der Waals surface area contributed by atoms with Crippen LogP contribution >= 0.6 is 0 Å². The second-order valence-electron chi connectivity index (χ2n) is 3.82. The summed E-state index contributed by atoms with van der Waals surface area (Å²) in [6, 6.07) is 0. The molecule has 2 unspecified atom stereocenters. The van der Waals surface area contributed by atoms with E-state index in [-0.39, 0.29) is 6.29 Å². The van der Waals surface area contributed by atoms with Gasteiger partial charge in [0.05, 0.1) is 0 Å². The van der Waals surface area contributed by atoms with Crippen LogP contribution in [0.4, 0.5) is 0 Å². The molecule has 0 aliphatic heterocycles. The van der Waals surface area contributed by atoms with Gasteiger partial charge in [-0.15, -0.1) is 0 Å². The molecule has 0 aromatic carbocycles. The van der Waals surface area contributed by atoms with Crippen LogP contribution in [0.1, 0.15) is 59.3 Å². The van der Waals surface area contributed by atoms with E-state index in [0.717, 1.165) is 38.7 Å². The van der Waals surface area contributed by atoms with Crippen LogP contribution in [-0.2, 0) is 9.47 Å². The lowest BCUT2D eigenvalue weighted by atomic mass is 10.3. The molecule has 15 heavy (non-hydrogen) atoms. The minimum atomic E-state index is -0.673. The first-order valence-electron chi connectivity index (χ1n) is 6.19. The van der Waals surface area contributed by atoms with Gasteiger partial charge in [-0.25, -0.2) is 0 Å². The number of hydrogen-bond donors (Lipinski definition) is 1. The number of ether oxygens (including phenoxy) is 2. The molecule has 1 N–H and O–H groups in total. The van der Waals surface area contributed by atoms with Crippen molar-refractivity contribution >= 4 is 0 Å². The number of hydrogen-bond acceptors (Lipinski definition) is 3. The van der Waals surface area contributed by atoms with E-state index < -0.39 is 6.29 Å². The molecule has 0 heterocycles. The van der Waals surface area contributed by atoms with Crippen molar-refractivity contribution in [1.29, 1.82) is 0 Å². The van der Waals surface area contributed by atoms with Crippen molar-refractivity contribution in [2.45, 2.75) is 71.9 Å². The number of aliphatic hydroxyl groups is 1. The largest absolute Gasteiger partial charge is 0.368 e. The zero-order valence-electron chi connectivity index (χ0n) is 10.4. The van der Waals surface area contributed by atoms with Gasteiger partial charge in [0, 0.05) is 6.61 Å². The van der Waals surface area contributed by atoms with Gasteiger partial charge in [-0.3, -0.25) is 0 Å². The molecule has 0 saturated heterocycles. The highest BCUT2D eigenvalue weighted by Gasteiger charge is 2.13. The van der Waals surface area contributed by atoms with Gasteiger partial charge in [0.2, 0.25) is 0 Å². The summed E-state index contributed by atoms with van der Waals surface area (Å²) in [5, 5.41) is 9.50. The summed E-state index contributed by atoms with van der Waals surface area (Å²) < 4.78 is 11.0. The highest BCUT2D eigenvalue weighted by atomic mass is 16.7. The Bertz CT molecular complexity index is 128. The van der Waals surface area contributed by atoms with Crippen LogP contribution in [0.25, 0.3) is 0 Å². The van der Waals surface area contributed by atoms with Crippen LogP contribution < -0.4 is 0 Å². The maximum atomic E-state index is 9.50. The quantitative estimate of drug-likeness (QED) is 0.452. The van der Waals surface area contributed by atoms with Gasteiger partial charge in [0.15, 0.2) is 12.6 Å². The third kappa shape index (κ3) is 8.85. The molecule has 3 nitrogen and oxygen atoms in total. The van der Waals surface area contributed by atoms with E-state index in [9.17, 15) is 5.11 Å². The fourth-order valence-corrected chi connectivity index (χ4v) is 1.28. The van der Waals surface area contributed by atoms with E-state index in [0.29, 0.717) is 6.42 Å². The van der Waals surface area contributed by atoms with Gasteiger partial charge >= 0.3 is 0 Å². The van der Waals surface area contributed by atoms with Crippen LogP contribution in [0, 0.1) is 0 Å². The lowest BCUT2D eigenvalue weighted by Crippen LogP contribution is -2.24. The Labute approximate surface area is 93.8 Å². The summed E-state index contributed by atoms with van der Waals surface area (Å²) >= 11 is 0. The zero-order chi connectivity index (χ0) is 11.5. The fourth-order valence-electron chi connectivity index (χ4n) is 1.28. The van der Waals surface area contributed by atoms with Gasteiger partial charge in [-0.2, -0.15) is 0 Å². The van der Waals surface area contributed by atoms with Gasteiger partial charge in [0.25, 0.3) is 0 Å². The van der Waals surface area contributed by atoms with Crippen molar-refractivity contribution < 1.29 is 14.6 Å². The second-order valence-corrected chi connectivity index (χ2v) is 3.82. The highest BCUT2D eigenvalue weighted by Crippen LogP contribution is 2.10.